The molecule has 2 aromatic heterocycles. The number of aryl methyl sites for hydroxylation is 1. The minimum Gasteiger partial charge on any atom is -0.461 e. The fourth-order valence-electron chi connectivity index (χ4n) is 2.93. The van der Waals surface area contributed by atoms with E-state index in [-0.39, 0.29) is 11.3 Å². The summed E-state index contributed by atoms with van der Waals surface area (Å²) in [6.45, 7) is 8.32. The second kappa shape index (κ2) is 7.23. The Morgan fingerprint density at radius 1 is 1.29 bits per heavy atom. The standard InChI is InChI=1S/C17H22ClN3O2S/c1-10(2)9-23-16(22)13-11(3)12-14(21-7-5-4-6-8-21)19-17(18)20-15(12)24-13/h10H,4-9H2,1-3H3. The summed E-state index contributed by atoms with van der Waals surface area (Å²) in [6.07, 6.45) is 3.54. The molecule has 0 aromatic carbocycles. The van der Waals surface area contributed by atoms with Crippen molar-refractivity contribution in [2.24, 2.45) is 5.92 Å². The van der Waals surface area contributed by atoms with Crippen molar-refractivity contribution in [3.8, 4) is 0 Å². The molecule has 130 valence electrons. The highest BCUT2D eigenvalue weighted by molar-refractivity contribution is 7.20. The molecule has 0 bridgehead atoms. The average molecular weight is 368 g/mol. The van der Waals surface area contributed by atoms with Gasteiger partial charge in [0.2, 0.25) is 5.28 Å². The second-order valence-electron chi connectivity index (χ2n) is 6.59. The number of rotatable bonds is 4. The normalized spacial score (nSPS) is 15.3. The molecule has 0 amide bonds. The number of esters is 1. The summed E-state index contributed by atoms with van der Waals surface area (Å²) >= 11 is 7.47. The van der Waals surface area contributed by atoms with E-state index in [9.17, 15) is 4.79 Å². The fraction of sp³-hybridized carbons (Fsp3) is 0.588. The van der Waals surface area contributed by atoms with Gasteiger partial charge in [0.15, 0.2) is 0 Å². The van der Waals surface area contributed by atoms with Crippen LogP contribution in [0.2, 0.25) is 5.28 Å². The number of anilines is 1. The number of carbonyl (C=O) groups is 1. The first-order valence-electron chi connectivity index (χ1n) is 8.36. The zero-order valence-electron chi connectivity index (χ0n) is 14.3. The Balaban J connectivity index is 2.02. The van der Waals surface area contributed by atoms with Crippen molar-refractivity contribution < 1.29 is 9.53 Å². The van der Waals surface area contributed by atoms with E-state index in [4.69, 9.17) is 16.3 Å². The number of carbonyl (C=O) groups excluding carboxylic acids is 1. The van der Waals surface area contributed by atoms with E-state index in [1.54, 1.807) is 0 Å². The van der Waals surface area contributed by atoms with E-state index in [0.29, 0.717) is 17.4 Å². The number of fused-ring (bicyclic) bond motifs is 1. The lowest BCUT2D eigenvalue weighted by molar-refractivity contribution is 0.0464. The lowest BCUT2D eigenvalue weighted by Gasteiger charge is -2.28. The van der Waals surface area contributed by atoms with Crippen LogP contribution in [0, 0.1) is 12.8 Å². The number of piperidine rings is 1. The molecule has 2 aromatic rings. The molecule has 0 spiro atoms. The van der Waals surface area contributed by atoms with Gasteiger partial charge in [0.25, 0.3) is 0 Å². The van der Waals surface area contributed by atoms with E-state index < -0.39 is 0 Å². The fourth-order valence-corrected chi connectivity index (χ4v) is 4.21. The summed E-state index contributed by atoms with van der Waals surface area (Å²) in [5.41, 5.74) is 0.890. The van der Waals surface area contributed by atoms with Crippen LogP contribution in [0.15, 0.2) is 0 Å². The third-order valence-electron chi connectivity index (χ3n) is 4.13. The molecule has 1 fully saturated rings. The summed E-state index contributed by atoms with van der Waals surface area (Å²) < 4.78 is 5.39. The van der Waals surface area contributed by atoms with Crippen LogP contribution in [0.3, 0.4) is 0 Å². The number of nitrogens with zero attached hydrogens (tertiary/aromatic N) is 3. The molecule has 7 heteroatoms. The van der Waals surface area contributed by atoms with Gasteiger partial charge in [-0.3, -0.25) is 0 Å². The van der Waals surface area contributed by atoms with Crippen LogP contribution in [0.4, 0.5) is 5.82 Å². The number of ether oxygens (including phenoxy) is 1. The number of hydrogen-bond donors (Lipinski definition) is 0. The minimum atomic E-state index is -0.287. The van der Waals surface area contributed by atoms with Gasteiger partial charge in [0.1, 0.15) is 15.5 Å². The highest BCUT2D eigenvalue weighted by Crippen LogP contribution is 2.37. The van der Waals surface area contributed by atoms with Crippen molar-refractivity contribution in [2.45, 2.75) is 40.0 Å². The van der Waals surface area contributed by atoms with Gasteiger partial charge >= 0.3 is 5.97 Å². The Labute approximate surface area is 151 Å². The summed E-state index contributed by atoms with van der Waals surface area (Å²) in [6, 6.07) is 0. The number of aromatic nitrogens is 2. The molecule has 0 unspecified atom stereocenters. The van der Waals surface area contributed by atoms with Crippen molar-refractivity contribution in [3.05, 3.63) is 15.7 Å². The van der Waals surface area contributed by atoms with Gasteiger partial charge in [-0.2, -0.15) is 4.98 Å². The van der Waals surface area contributed by atoms with Crippen molar-refractivity contribution in [3.63, 3.8) is 0 Å². The highest BCUT2D eigenvalue weighted by Gasteiger charge is 2.24. The van der Waals surface area contributed by atoms with Gasteiger partial charge in [-0.15, -0.1) is 11.3 Å². The number of thiophene rings is 1. The van der Waals surface area contributed by atoms with Gasteiger partial charge < -0.3 is 9.64 Å². The van der Waals surface area contributed by atoms with Crippen molar-refractivity contribution in [1.82, 2.24) is 9.97 Å². The Hall–Kier alpha value is -1.40. The molecule has 1 aliphatic rings. The predicted molar refractivity (Wildman–Crippen MR) is 98.3 cm³/mol. The number of halogens is 1. The zero-order valence-corrected chi connectivity index (χ0v) is 15.8. The SMILES string of the molecule is Cc1c(C(=O)OCC(C)C)sc2nc(Cl)nc(N3CCCCC3)c12. The Kier molecular flexibility index (Phi) is 5.25. The molecule has 0 aliphatic carbocycles. The van der Waals surface area contributed by atoms with Crippen LogP contribution in [0.1, 0.15) is 48.3 Å². The lowest BCUT2D eigenvalue weighted by Crippen LogP contribution is -2.30. The van der Waals surface area contributed by atoms with Crippen LogP contribution in [0.5, 0.6) is 0 Å². The first kappa shape index (κ1) is 17.4. The molecule has 1 saturated heterocycles. The maximum absolute atomic E-state index is 12.4. The molecule has 0 radical (unpaired) electrons. The van der Waals surface area contributed by atoms with E-state index in [2.05, 4.69) is 14.9 Å². The van der Waals surface area contributed by atoms with Crippen LogP contribution in [-0.2, 0) is 4.74 Å². The molecule has 0 saturated carbocycles. The third kappa shape index (κ3) is 3.49. The molecule has 3 heterocycles. The Morgan fingerprint density at radius 2 is 2.00 bits per heavy atom. The first-order valence-corrected chi connectivity index (χ1v) is 9.55. The summed E-state index contributed by atoms with van der Waals surface area (Å²) in [5.74, 6) is 0.869. The smallest absolute Gasteiger partial charge is 0.348 e. The van der Waals surface area contributed by atoms with Gasteiger partial charge in [-0.05, 0) is 49.3 Å². The summed E-state index contributed by atoms with van der Waals surface area (Å²) in [5, 5.41) is 1.16. The van der Waals surface area contributed by atoms with Crippen molar-refractivity contribution in [2.75, 3.05) is 24.6 Å². The summed E-state index contributed by atoms with van der Waals surface area (Å²) in [7, 11) is 0. The lowest BCUT2D eigenvalue weighted by atomic mass is 10.1. The molecule has 24 heavy (non-hydrogen) atoms. The zero-order chi connectivity index (χ0) is 17.3. The van der Waals surface area contributed by atoms with Gasteiger partial charge in [-0.25, -0.2) is 9.78 Å². The van der Waals surface area contributed by atoms with Crippen molar-refractivity contribution >= 4 is 44.9 Å². The maximum Gasteiger partial charge on any atom is 0.348 e. The molecular formula is C17H22ClN3O2S. The topological polar surface area (TPSA) is 55.3 Å². The first-order chi connectivity index (χ1) is 11.5. The van der Waals surface area contributed by atoms with E-state index in [1.165, 1.54) is 17.8 Å². The van der Waals surface area contributed by atoms with E-state index in [1.807, 2.05) is 20.8 Å². The summed E-state index contributed by atoms with van der Waals surface area (Å²) in [4.78, 5) is 24.8. The van der Waals surface area contributed by atoms with Gasteiger partial charge in [0, 0.05) is 13.1 Å². The van der Waals surface area contributed by atoms with Crippen LogP contribution >= 0.6 is 22.9 Å². The maximum atomic E-state index is 12.4. The predicted octanol–water partition coefficient (Wildman–Crippen LogP) is 4.46. The molecule has 3 rings (SSSR count). The Bertz CT molecular complexity index is 754. The molecule has 5 nitrogen and oxygen atoms in total. The molecular weight excluding hydrogens is 346 g/mol. The van der Waals surface area contributed by atoms with Crippen LogP contribution in [-0.4, -0.2) is 35.6 Å². The second-order valence-corrected chi connectivity index (χ2v) is 7.93. The monoisotopic (exact) mass is 367 g/mol. The largest absolute Gasteiger partial charge is 0.461 e. The third-order valence-corrected chi connectivity index (χ3v) is 5.47. The quantitative estimate of drug-likeness (QED) is 0.590. The molecule has 0 atom stereocenters. The highest BCUT2D eigenvalue weighted by atomic mass is 35.5. The van der Waals surface area contributed by atoms with E-state index >= 15 is 0 Å². The molecule has 0 N–H and O–H groups in total. The number of hydrogen-bond acceptors (Lipinski definition) is 6. The molecule has 1 aliphatic heterocycles. The van der Waals surface area contributed by atoms with Crippen LogP contribution in [0.25, 0.3) is 10.2 Å². The van der Waals surface area contributed by atoms with E-state index in [0.717, 1.165) is 47.5 Å². The van der Waals surface area contributed by atoms with Crippen LogP contribution < -0.4 is 4.90 Å². The average Bonchev–Trinajstić information content (AvgIpc) is 2.89. The Morgan fingerprint density at radius 3 is 2.67 bits per heavy atom. The van der Waals surface area contributed by atoms with Gasteiger partial charge in [-0.1, -0.05) is 13.8 Å². The van der Waals surface area contributed by atoms with Gasteiger partial charge in [0.05, 0.1) is 12.0 Å². The van der Waals surface area contributed by atoms with Crippen molar-refractivity contribution in [1.29, 1.82) is 0 Å². The minimum absolute atomic E-state index is 0.228.